The van der Waals surface area contributed by atoms with Gasteiger partial charge in [-0.2, -0.15) is 8.78 Å². The average Bonchev–Trinajstić information content (AvgIpc) is 3.61. The highest BCUT2D eigenvalue weighted by Crippen LogP contribution is 2.39. The van der Waals surface area contributed by atoms with Gasteiger partial charge in [0.25, 0.3) is 0 Å². The van der Waals surface area contributed by atoms with Crippen molar-refractivity contribution in [3.63, 3.8) is 0 Å². The molecule has 1 saturated carbocycles. The van der Waals surface area contributed by atoms with E-state index in [4.69, 9.17) is 21.3 Å². The van der Waals surface area contributed by atoms with Crippen LogP contribution < -0.4 is 10.1 Å². The maximum atomic E-state index is 13.0. The summed E-state index contributed by atoms with van der Waals surface area (Å²) in [5.41, 5.74) is 2.93. The number of aromatic amines is 1. The zero-order valence-corrected chi connectivity index (χ0v) is 23.2. The van der Waals surface area contributed by atoms with Gasteiger partial charge in [-0.05, 0) is 61.1 Å². The van der Waals surface area contributed by atoms with Crippen LogP contribution in [-0.4, -0.2) is 43.2 Å². The first-order valence-electron chi connectivity index (χ1n) is 12.9. The molecule has 210 valence electrons. The highest BCUT2D eigenvalue weighted by atomic mass is 35.5. The van der Waals surface area contributed by atoms with E-state index in [0.717, 1.165) is 18.4 Å². The van der Waals surface area contributed by atoms with Crippen molar-refractivity contribution in [2.24, 2.45) is 5.92 Å². The molecule has 7 nitrogen and oxygen atoms in total. The lowest BCUT2D eigenvalue weighted by molar-refractivity contribution is -0.118. The number of para-hydroxylation sites is 1. The van der Waals surface area contributed by atoms with Crippen LogP contribution in [0.5, 0.6) is 5.75 Å². The van der Waals surface area contributed by atoms with E-state index in [2.05, 4.69) is 10.3 Å². The van der Waals surface area contributed by atoms with Crippen LogP contribution in [0.25, 0.3) is 22.2 Å². The molecular formula is C29H28ClF2N3O4S. The maximum Gasteiger partial charge on any atom is 0.387 e. The molecule has 3 aromatic carbocycles. The summed E-state index contributed by atoms with van der Waals surface area (Å²) in [5, 5.41) is 3.13. The lowest BCUT2D eigenvalue weighted by Crippen LogP contribution is -2.23. The van der Waals surface area contributed by atoms with E-state index in [9.17, 15) is 22.0 Å². The predicted molar refractivity (Wildman–Crippen MR) is 150 cm³/mol. The number of benzene rings is 3. The molecule has 11 heteroatoms. The molecule has 2 N–H and O–H groups in total. The first-order valence-corrected chi connectivity index (χ1v) is 14.9. The molecule has 1 aromatic heterocycles. The molecule has 1 amide bonds. The fourth-order valence-electron chi connectivity index (χ4n) is 4.76. The number of carbonyl (C=O) groups is 1. The van der Waals surface area contributed by atoms with Crippen molar-refractivity contribution in [2.45, 2.75) is 43.6 Å². The second-order valence-electron chi connectivity index (χ2n) is 9.96. The van der Waals surface area contributed by atoms with E-state index in [-0.39, 0.29) is 34.1 Å². The van der Waals surface area contributed by atoms with Gasteiger partial charge < -0.3 is 15.0 Å². The Morgan fingerprint density at radius 3 is 2.52 bits per heavy atom. The number of fused-ring (bicyclic) bond motifs is 1. The molecule has 5 rings (SSSR count). The standard InChI is InChI=1S/C29H28ClF2N3O4S/c1-17(36)33-13-12-21(19-8-10-20(11-9-19)40(37,38)16-18-6-7-18)28-34-25-14-23(24(30)15-26(25)35-28)22-4-2-3-5-27(22)39-29(31)32/h2-5,8-11,14-15,18,21,29H,6-7,12-13,16H2,1H3,(H,33,36)(H,34,35). The van der Waals surface area contributed by atoms with Crippen molar-refractivity contribution in [2.75, 3.05) is 12.3 Å². The Morgan fingerprint density at radius 2 is 1.85 bits per heavy atom. The number of aromatic nitrogens is 2. The molecule has 0 saturated heterocycles. The van der Waals surface area contributed by atoms with Crippen molar-refractivity contribution < 1.29 is 26.7 Å². The van der Waals surface area contributed by atoms with Crippen molar-refractivity contribution in [3.8, 4) is 16.9 Å². The summed E-state index contributed by atoms with van der Waals surface area (Å²) in [6.07, 6.45) is 2.40. The third-order valence-corrected chi connectivity index (χ3v) is 9.13. The number of carbonyl (C=O) groups excluding carboxylic acids is 1. The van der Waals surface area contributed by atoms with Crippen LogP contribution in [0.4, 0.5) is 8.78 Å². The summed E-state index contributed by atoms with van der Waals surface area (Å²) < 4.78 is 56.1. The summed E-state index contributed by atoms with van der Waals surface area (Å²) in [6.45, 7) is -1.17. The number of rotatable bonds is 11. The largest absolute Gasteiger partial charge is 0.434 e. The van der Waals surface area contributed by atoms with Crippen LogP contribution in [0, 0.1) is 5.92 Å². The van der Waals surface area contributed by atoms with Gasteiger partial charge >= 0.3 is 6.61 Å². The lowest BCUT2D eigenvalue weighted by Gasteiger charge is -2.16. The fourth-order valence-corrected chi connectivity index (χ4v) is 6.72. The third-order valence-electron chi connectivity index (χ3n) is 6.91. The van der Waals surface area contributed by atoms with E-state index < -0.39 is 16.4 Å². The molecule has 40 heavy (non-hydrogen) atoms. The van der Waals surface area contributed by atoms with Gasteiger partial charge in [0.15, 0.2) is 9.84 Å². The van der Waals surface area contributed by atoms with Crippen LogP contribution in [0.15, 0.2) is 65.6 Å². The Morgan fingerprint density at radius 1 is 1.12 bits per heavy atom. The van der Waals surface area contributed by atoms with Gasteiger partial charge in [-0.1, -0.05) is 41.9 Å². The lowest BCUT2D eigenvalue weighted by atomic mass is 9.95. The van der Waals surface area contributed by atoms with Gasteiger partial charge in [0.2, 0.25) is 5.91 Å². The van der Waals surface area contributed by atoms with E-state index in [1.807, 2.05) is 0 Å². The number of sulfone groups is 1. The number of imidazole rings is 1. The number of amides is 1. The smallest absolute Gasteiger partial charge is 0.387 e. The molecule has 0 spiro atoms. The molecule has 0 radical (unpaired) electrons. The van der Waals surface area contributed by atoms with Crippen LogP contribution in [0.1, 0.15) is 43.5 Å². The van der Waals surface area contributed by atoms with Gasteiger partial charge in [-0.3, -0.25) is 4.79 Å². The number of H-pyrrole nitrogens is 1. The van der Waals surface area contributed by atoms with Gasteiger partial charge in [-0.25, -0.2) is 13.4 Å². The Hall–Kier alpha value is -3.50. The molecule has 1 heterocycles. The van der Waals surface area contributed by atoms with Gasteiger partial charge in [0, 0.05) is 30.5 Å². The summed E-state index contributed by atoms with van der Waals surface area (Å²) >= 11 is 6.58. The highest BCUT2D eigenvalue weighted by Gasteiger charge is 2.29. The van der Waals surface area contributed by atoms with Crippen LogP contribution in [0.2, 0.25) is 5.02 Å². The molecule has 1 atom stereocenters. The second kappa shape index (κ2) is 11.5. The third kappa shape index (κ3) is 6.45. The van der Waals surface area contributed by atoms with E-state index in [1.54, 1.807) is 54.6 Å². The maximum absolute atomic E-state index is 13.0. The monoisotopic (exact) mass is 587 g/mol. The van der Waals surface area contributed by atoms with Gasteiger partial charge in [0.1, 0.15) is 11.6 Å². The molecule has 1 fully saturated rings. The normalized spacial score (nSPS) is 14.4. The van der Waals surface area contributed by atoms with Crippen LogP contribution in [0.3, 0.4) is 0 Å². The van der Waals surface area contributed by atoms with E-state index in [1.165, 1.54) is 13.0 Å². The number of halogens is 3. The minimum atomic E-state index is -3.35. The van der Waals surface area contributed by atoms with Crippen molar-refractivity contribution in [1.29, 1.82) is 0 Å². The molecule has 0 aliphatic heterocycles. The predicted octanol–water partition coefficient (Wildman–Crippen LogP) is 6.33. The molecule has 0 bridgehead atoms. The summed E-state index contributed by atoms with van der Waals surface area (Å²) in [4.78, 5) is 19.9. The summed E-state index contributed by atoms with van der Waals surface area (Å²) in [7, 11) is -3.35. The Balaban J connectivity index is 1.50. The Labute approximate surface area is 235 Å². The number of nitrogens with zero attached hydrogens (tertiary/aromatic N) is 1. The number of nitrogens with one attached hydrogen (secondary N) is 2. The van der Waals surface area contributed by atoms with Crippen LogP contribution >= 0.6 is 11.6 Å². The molecule has 4 aromatic rings. The fraction of sp³-hybridized carbons (Fsp3) is 0.310. The minimum absolute atomic E-state index is 0.000537. The molecular weight excluding hydrogens is 560 g/mol. The van der Waals surface area contributed by atoms with E-state index in [0.29, 0.717) is 46.0 Å². The number of hydrogen-bond acceptors (Lipinski definition) is 5. The quantitative estimate of drug-likeness (QED) is 0.214. The van der Waals surface area contributed by atoms with E-state index >= 15 is 0 Å². The first kappa shape index (κ1) is 28.0. The second-order valence-corrected chi connectivity index (χ2v) is 12.4. The highest BCUT2D eigenvalue weighted by molar-refractivity contribution is 7.91. The number of alkyl halides is 2. The van der Waals surface area contributed by atoms with Gasteiger partial charge in [0.05, 0.1) is 26.7 Å². The number of ether oxygens (including phenoxy) is 1. The zero-order chi connectivity index (χ0) is 28.4. The summed E-state index contributed by atoms with van der Waals surface area (Å²) in [6, 6.07) is 16.6. The molecule has 1 unspecified atom stereocenters. The average molecular weight is 588 g/mol. The van der Waals surface area contributed by atoms with Crippen molar-refractivity contribution >= 4 is 38.4 Å². The molecule has 1 aliphatic carbocycles. The van der Waals surface area contributed by atoms with Crippen molar-refractivity contribution in [1.82, 2.24) is 15.3 Å². The minimum Gasteiger partial charge on any atom is -0.434 e. The van der Waals surface area contributed by atoms with Gasteiger partial charge in [-0.15, -0.1) is 0 Å². The Bertz CT molecular complexity index is 1640. The van der Waals surface area contributed by atoms with Crippen LogP contribution in [-0.2, 0) is 14.6 Å². The number of hydrogen-bond donors (Lipinski definition) is 2. The topological polar surface area (TPSA) is 101 Å². The molecule has 1 aliphatic rings. The first-order chi connectivity index (χ1) is 19.1. The summed E-state index contributed by atoms with van der Waals surface area (Å²) in [5.74, 6) is 0.549. The zero-order valence-electron chi connectivity index (χ0n) is 21.7. The SMILES string of the molecule is CC(=O)NCCC(c1ccc(S(=O)(=O)CC2CC2)cc1)c1nc2cc(-c3ccccc3OC(F)F)c(Cl)cc2[nH]1. The van der Waals surface area contributed by atoms with Crippen molar-refractivity contribution in [3.05, 3.63) is 77.1 Å². The Kier molecular flexibility index (Phi) is 8.09.